The summed E-state index contributed by atoms with van der Waals surface area (Å²) < 4.78 is 27.8. The summed E-state index contributed by atoms with van der Waals surface area (Å²) in [5.41, 5.74) is 3.28. The third-order valence-electron chi connectivity index (χ3n) is 7.76. The van der Waals surface area contributed by atoms with Crippen LogP contribution in [0.3, 0.4) is 0 Å². The number of hydrogen-bond donors (Lipinski definition) is 1. The van der Waals surface area contributed by atoms with Crippen LogP contribution in [0.1, 0.15) is 52.6 Å². The molecule has 0 bridgehead atoms. The second-order valence-corrected chi connectivity index (χ2v) is 10.8. The molecule has 0 spiro atoms. The molecule has 2 aromatic carbocycles. The lowest BCUT2D eigenvalue weighted by molar-refractivity contribution is -0.0592. The molecule has 40 heavy (non-hydrogen) atoms. The number of halogens is 2. The van der Waals surface area contributed by atoms with Crippen molar-refractivity contribution >= 4 is 28.6 Å². The van der Waals surface area contributed by atoms with Crippen LogP contribution in [0.15, 0.2) is 54.6 Å². The van der Waals surface area contributed by atoms with Crippen molar-refractivity contribution in [3.05, 3.63) is 88.1 Å². The molecule has 0 saturated carbocycles. The van der Waals surface area contributed by atoms with Crippen LogP contribution in [0.4, 0.5) is 4.39 Å². The summed E-state index contributed by atoms with van der Waals surface area (Å²) in [5, 5.41) is 9.77. The Balaban J connectivity index is 1.11. The molecule has 8 nitrogen and oxygen atoms in total. The number of fused-ring (bicyclic) bond motifs is 1. The molecule has 1 N–H and O–H groups in total. The predicted octanol–water partition coefficient (Wildman–Crippen LogP) is 5.67. The molecule has 0 aliphatic carbocycles. The number of ether oxygens (including phenoxy) is 2. The minimum absolute atomic E-state index is 0.0821. The van der Waals surface area contributed by atoms with E-state index in [9.17, 15) is 14.3 Å². The minimum atomic E-state index is -0.956. The van der Waals surface area contributed by atoms with Crippen LogP contribution >= 0.6 is 11.6 Å². The number of aromatic nitrogens is 3. The van der Waals surface area contributed by atoms with Crippen LogP contribution in [0.25, 0.3) is 11.0 Å². The maximum atomic E-state index is 14.1. The van der Waals surface area contributed by atoms with E-state index in [-0.39, 0.29) is 18.3 Å². The Hall–Kier alpha value is -3.53. The van der Waals surface area contributed by atoms with Gasteiger partial charge in [0.15, 0.2) is 0 Å². The number of aromatic carboxylic acids is 1. The first-order valence-electron chi connectivity index (χ1n) is 13.5. The van der Waals surface area contributed by atoms with E-state index in [2.05, 4.69) is 9.47 Å². The Bertz CT molecular complexity index is 1530. The van der Waals surface area contributed by atoms with Crippen molar-refractivity contribution in [1.82, 2.24) is 19.4 Å². The summed E-state index contributed by atoms with van der Waals surface area (Å²) >= 11 is 5.84. The smallest absolute Gasteiger partial charge is 0.335 e. The van der Waals surface area contributed by atoms with Crippen molar-refractivity contribution in [2.24, 2.45) is 0 Å². The summed E-state index contributed by atoms with van der Waals surface area (Å²) in [7, 11) is 0. The van der Waals surface area contributed by atoms with Crippen LogP contribution in [0.2, 0.25) is 5.02 Å². The van der Waals surface area contributed by atoms with Gasteiger partial charge in [0.1, 0.15) is 18.2 Å². The molecular formula is C30H30ClFN4O4. The zero-order chi connectivity index (χ0) is 27.6. The summed E-state index contributed by atoms with van der Waals surface area (Å²) in [6.45, 7) is 4.03. The van der Waals surface area contributed by atoms with E-state index in [1.165, 1.54) is 6.07 Å². The van der Waals surface area contributed by atoms with Crippen molar-refractivity contribution in [3.63, 3.8) is 0 Å². The number of likely N-dealkylation sites (tertiary alicyclic amines) is 1. The third-order valence-corrected chi connectivity index (χ3v) is 8.00. The van der Waals surface area contributed by atoms with Gasteiger partial charge in [0.05, 0.1) is 35.8 Å². The van der Waals surface area contributed by atoms with E-state index in [0.717, 1.165) is 56.0 Å². The van der Waals surface area contributed by atoms with Gasteiger partial charge in [-0.25, -0.2) is 19.2 Å². The maximum Gasteiger partial charge on any atom is 0.335 e. The monoisotopic (exact) mass is 564 g/mol. The minimum Gasteiger partial charge on any atom is -0.478 e. The summed E-state index contributed by atoms with van der Waals surface area (Å²) in [5.74, 6) is 0.346. The summed E-state index contributed by atoms with van der Waals surface area (Å²) in [6.07, 6.45) is 3.06. The van der Waals surface area contributed by atoms with Gasteiger partial charge < -0.3 is 19.1 Å². The predicted molar refractivity (Wildman–Crippen MR) is 148 cm³/mol. The van der Waals surface area contributed by atoms with Gasteiger partial charge in [-0.15, -0.1) is 0 Å². The number of carboxylic acids is 1. The molecule has 208 valence electrons. The van der Waals surface area contributed by atoms with E-state index >= 15 is 0 Å². The Morgan fingerprint density at radius 2 is 1.93 bits per heavy atom. The fraction of sp³-hybridized carbons (Fsp3) is 0.367. The number of nitrogens with zero attached hydrogens (tertiary/aromatic N) is 4. The Morgan fingerprint density at radius 3 is 2.65 bits per heavy atom. The van der Waals surface area contributed by atoms with E-state index in [1.54, 1.807) is 30.3 Å². The normalized spacial score (nSPS) is 18.1. The number of carboxylic acid groups (broad SMARTS) is 1. The highest BCUT2D eigenvalue weighted by Gasteiger charge is 2.26. The van der Waals surface area contributed by atoms with Gasteiger partial charge in [-0.3, -0.25) is 4.90 Å². The SMILES string of the molecule is O=C(O)c1ccc2c(c1)nc(CN1CCC(c3cccc(OCc4ccc(Cl)cc4F)n3)CC1)n2C[C@@H]1CCO1. The first-order chi connectivity index (χ1) is 19.4. The molecule has 2 aliphatic rings. The average molecular weight is 565 g/mol. The first-order valence-corrected chi connectivity index (χ1v) is 13.9. The highest BCUT2D eigenvalue weighted by Crippen LogP contribution is 2.30. The molecule has 4 heterocycles. The lowest BCUT2D eigenvalue weighted by atomic mass is 9.93. The van der Waals surface area contributed by atoms with Crippen molar-refractivity contribution in [1.29, 1.82) is 0 Å². The second-order valence-electron chi connectivity index (χ2n) is 10.4. The Morgan fingerprint density at radius 1 is 1.10 bits per heavy atom. The Kier molecular flexibility index (Phi) is 7.69. The average Bonchev–Trinajstić information content (AvgIpc) is 3.26. The van der Waals surface area contributed by atoms with Crippen LogP contribution in [-0.2, 0) is 24.4 Å². The van der Waals surface area contributed by atoms with Crippen molar-refractivity contribution < 1.29 is 23.8 Å². The molecule has 2 fully saturated rings. The number of piperidine rings is 1. The molecule has 2 aromatic heterocycles. The lowest BCUT2D eigenvalue weighted by Gasteiger charge is -2.32. The molecule has 0 radical (unpaired) electrons. The number of pyridine rings is 1. The number of benzene rings is 2. The quantitative estimate of drug-likeness (QED) is 0.280. The summed E-state index contributed by atoms with van der Waals surface area (Å²) in [6, 6.07) is 15.4. The van der Waals surface area contributed by atoms with Gasteiger partial charge in [-0.1, -0.05) is 23.7 Å². The van der Waals surface area contributed by atoms with E-state index in [4.69, 9.17) is 31.0 Å². The lowest BCUT2D eigenvalue weighted by Crippen LogP contribution is -2.35. The van der Waals surface area contributed by atoms with Gasteiger partial charge in [-0.05, 0) is 68.8 Å². The van der Waals surface area contributed by atoms with Crippen molar-refractivity contribution in [2.75, 3.05) is 19.7 Å². The largest absolute Gasteiger partial charge is 0.478 e. The first kappa shape index (κ1) is 26.7. The van der Waals surface area contributed by atoms with Crippen LogP contribution in [0, 0.1) is 5.82 Å². The molecular weight excluding hydrogens is 535 g/mol. The number of carbonyl (C=O) groups is 1. The molecule has 0 amide bonds. The third kappa shape index (κ3) is 5.82. The van der Waals surface area contributed by atoms with Gasteiger partial charge in [0.2, 0.25) is 5.88 Å². The Labute approximate surface area is 236 Å². The number of hydrogen-bond acceptors (Lipinski definition) is 6. The molecule has 2 saturated heterocycles. The molecule has 1 atom stereocenters. The molecule has 10 heteroatoms. The van der Waals surface area contributed by atoms with Crippen LogP contribution in [-0.4, -0.2) is 56.3 Å². The number of imidazole rings is 1. The van der Waals surface area contributed by atoms with E-state index in [1.807, 2.05) is 18.2 Å². The zero-order valence-corrected chi connectivity index (χ0v) is 22.7. The molecule has 6 rings (SSSR count). The van der Waals surface area contributed by atoms with Gasteiger partial charge in [-0.2, -0.15) is 0 Å². The molecule has 4 aromatic rings. The molecule has 2 aliphatic heterocycles. The maximum absolute atomic E-state index is 14.1. The van der Waals surface area contributed by atoms with Gasteiger partial charge in [0, 0.05) is 34.9 Å². The van der Waals surface area contributed by atoms with Gasteiger partial charge in [0.25, 0.3) is 0 Å². The zero-order valence-electron chi connectivity index (χ0n) is 21.9. The highest BCUT2D eigenvalue weighted by atomic mass is 35.5. The van der Waals surface area contributed by atoms with E-state index in [0.29, 0.717) is 41.0 Å². The van der Waals surface area contributed by atoms with Crippen molar-refractivity contribution in [3.8, 4) is 5.88 Å². The fourth-order valence-corrected chi connectivity index (χ4v) is 5.54. The highest BCUT2D eigenvalue weighted by molar-refractivity contribution is 6.30. The summed E-state index contributed by atoms with van der Waals surface area (Å²) in [4.78, 5) is 23.4. The van der Waals surface area contributed by atoms with Crippen molar-refractivity contribution in [2.45, 2.75) is 51.0 Å². The van der Waals surface area contributed by atoms with Gasteiger partial charge >= 0.3 is 5.97 Å². The van der Waals surface area contributed by atoms with E-state index < -0.39 is 11.8 Å². The number of rotatable bonds is 9. The fourth-order valence-electron chi connectivity index (χ4n) is 5.39. The van der Waals surface area contributed by atoms with Crippen LogP contribution in [0.5, 0.6) is 5.88 Å². The molecule has 0 unspecified atom stereocenters. The topological polar surface area (TPSA) is 89.7 Å². The van der Waals surface area contributed by atoms with Crippen LogP contribution < -0.4 is 4.74 Å². The second kappa shape index (κ2) is 11.5. The standard InChI is InChI=1S/C30H30ClFN4O4/c31-22-6-4-21(24(32)15-22)18-40-29-3-1-2-25(34-29)19-8-11-35(12-9-19)17-28-33-26-14-20(30(37)38)5-7-27(26)36(28)16-23-10-13-39-23/h1-7,14-15,19,23H,8-13,16-18H2,(H,37,38)/t23-/m0/s1.